The largest absolute Gasteiger partial charge is 0.462 e. The zero-order valence-corrected chi connectivity index (χ0v) is 33.3. The SMILES string of the molecule is CCCCCC(CCC)COC(=O)c1c(Cl)c(Cl)cc(Cl)c1OC(=O)C(=O)Oc1c(Cl)cc(Cl)c(Cl)c1C(=O)OCC(CCC)CCCCC. The number of carbonyl (C=O) groups excluding carboxylic acids is 4. The van der Waals surface area contributed by atoms with E-state index in [4.69, 9.17) is 88.6 Å². The molecule has 2 rings (SSSR count). The first-order chi connectivity index (χ1) is 23.8. The molecule has 0 saturated heterocycles. The molecular formula is C36H44Cl6O8. The number of carbonyl (C=O) groups is 4. The predicted octanol–water partition coefficient (Wildman–Crippen LogP) is 12.4. The van der Waals surface area contributed by atoms with E-state index in [9.17, 15) is 19.2 Å². The predicted molar refractivity (Wildman–Crippen MR) is 200 cm³/mol. The fourth-order valence-electron chi connectivity index (χ4n) is 5.33. The Balaban J connectivity index is 2.32. The molecule has 2 aromatic carbocycles. The lowest BCUT2D eigenvalue weighted by molar-refractivity contribution is -0.156. The molecule has 0 aromatic heterocycles. The number of esters is 4. The normalized spacial score (nSPS) is 12.3. The molecular weight excluding hydrogens is 773 g/mol. The van der Waals surface area contributed by atoms with Crippen molar-refractivity contribution in [1.29, 1.82) is 0 Å². The Morgan fingerprint density at radius 1 is 0.520 bits per heavy atom. The van der Waals surface area contributed by atoms with Gasteiger partial charge in [-0.1, -0.05) is 149 Å². The van der Waals surface area contributed by atoms with Gasteiger partial charge in [0.15, 0.2) is 11.5 Å². The Hall–Kier alpha value is -1.94. The highest BCUT2D eigenvalue weighted by atomic mass is 35.5. The summed E-state index contributed by atoms with van der Waals surface area (Å²) in [6.45, 7) is 8.44. The highest BCUT2D eigenvalue weighted by molar-refractivity contribution is 6.47. The van der Waals surface area contributed by atoms with Crippen LogP contribution in [0.4, 0.5) is 0 Å². The van der Waals surface area contributed by atoms with Crippen LogP contribution in [0.3, 0.4) is 0 Å². The van der Waals surface area contributed by atoms with E-state index in [1.807, 2.05) is 13.8 Å². The number of benzene rings is 2. The van der Waals surface area contributed by atoms with Crippen LogP contribution in [0, 0.1) is 11.8 Å². The summed E-state index contributed by atoms with van der Waals surface area (Å²) in [4.78, 5) is 52.8. The molecule has 2 atom stereocenters. The Morgan fingerprint density at radius 2 is 0.880 bits per heavy atom. The van der Waals surface area contributed by atoms with Crippen LogP contribution in [0.15, 0.2) is 12.1 Å². The Kier molecular flexibility index (Phi) is 20.2. The van der Waals surface area contributed by atoms with E-state index in [1.165, 1.54) is 0 Å². The standard InChI is InChI=1S/C36H44Cl6O8/c1-5-9-11-15-21(13-7-3)19-47-33(43)27-29(41)23(37)17-25(39)31(27)49-35(45)36(46)50-32-26(40)18-24(38)30(42)28(32)34(44)48-20-22(14-8-4)16-12-10-6-2/h17-18,21-22H,5-16,19-20H2,1-4H3. The van der Waals surface area contributed by atoms with Gasteiger partial charge in [0.2, 0.25) is 0 Å². The minimum atomic E-state index is -1.64. The van der Waals surface area contributed by atoms with E-state index in [2.05, 4.69) is 13.8 Å². The minimum absolute atomic E-state index is 0.0823. The summed E-state index contributed by atoms with van der Waals surface area (Å²) in [5, 5.41) is -1.45. The molecule has 278 valence electrons. The first-order valence-corrected chi connectivity index (χ1v) is 19.2. The van der Waals surface area contributed by atoms with E-state index in [0.29, 0.717) is 0 Å². The molecule has 0 spiro atoms. The van der Waals surface area contributed by atoms with Crippen molar-refractivity contribution >= 4 is 93.5 Å². The van der Waals surface area contributed by atoms with Crippen LogP contribution in [0.5, 0.6) is 11.5 Å². The molecule has 0 radical (unpaired) electrons. The number of ether oxygens (including phenoxy) is 4. The summed E-state index contributed by atoms with van der Waals surface area (Å²) >= 11 is 37.7. The Morgan fingerprint density at radius 3 is 1.20 bits per heavy atom. The number of halogens is 6. The average molecular weight is 817 g/mol. The molecule has 0 aliphatic rings. The topological polar surface area (TPSA) is 105 Å². The summed E-state index contributed by atoms with van der Waals surface area (Å²) in [7, 11) is 0. The Bertz CT molecular complexity index is 1370. The van der Waals surface area contributed by atoms with Crippen LogP contribution in [0.2, 0.25) is 30.1 Å². The molecule has 8 nitrogen and oxygen atoms in total. The third kappa shape index (κ3) is 13.2. The fourth-order valence-corrected chi connectivity index (χ4v) is 6.76. The van der Waals surface area contributed by atoms with Gasteiger partial charge in [-0.3, -0.25) is 0 Å². The van der Waals surface area contributed by atoms with E-state index >= 15 is 0 Å². The molecule has 0 fully saturated rings. The van der Waals surface area contributed by atoms with Gasteiger partial charge >= 0.3 is 23.9 Å². The third-order valence-electron chi connectivity index (χ3n) is 7.94. The lowest BCUT2D eigenvalue weighted by atomic mass is 9.97. The number of rotatable bonds is 20. The van der Waals surface area contributed by atoms with Gasteiger partial charge in [-0.2, -0.15) is 0 Å². The van der Waals surface area contributed by atoms with E-state index in [0.717, 1.165) is 89.2 Å². The van der Waals surface area contributed by atoms with Crippen molar-refractivity contribution < 1.29 is 38.1 Å². The molecule has 0 aliphatic carbocycles. The van der Waals surface area contributed by atoms with Crippen molar-refractivity contribution in [3.05, 3.63) is 53.4 Å². The van der Waals surface area contributed by atoms with Crippen molar-refractivity contribution in [3.8, 4) is 11.5 Å². The minimum Gasteiger partial charge on any atom is -0.462 e. The molecule has 14 heteroatoms. The highest BCUT2D eigenvalue weighted by Crippen LogP contribution is 2.42. The second kappa shape index (κ2) is 22.9. The maximum absolute atomic E-state index is 13.3. The van der Waals surface area contributed by atoms with Gasteiger partial charge in [0.1, 0.15) is 11.1 Å². The van der Waals surface area contributed by atoms with Crippen molar-refractivity contribution in [2.24, 2.45) is 11.8 Å². The molecule has 0 N–H and O–H groups in total. The van der Waals surface area contributed by atoms with Gasteiger partial charge in [0.25, 0.3) is 0 Å². The summed E-state index contributed by atoms with van der Waals surface area (Å²) < 4.78 is 21.6. The summed E-state index contributed by atoms with van der Waals surface area (Å²) in [5.74, 6) is -6.14. The van der Waals surface area contributed by atoms with E-state index in [1.54, 1.807) is 0 Å². The lowest BCUT2D eigenvalue weighted by Gasteiger charge is -2.19. The molecule has 2 unspecified atom stereocenters. The second-order valence-electron chi connectivity index (χ2n) is 12.0. The molecule has 50 heavy (non-hydrogen) atoms. The maximum atomic E-state index is 13.3. The van der Waals surface area contributed by atoms with Gasteiger partial charge in [0.05, 0.1) is 43.3 Å². The maximum Gasteiger partial charge on any atom is 0.423 e. The van der Waals surface area contributed by atoms with Crippen molar-refractivity contribution in [2.75, 3.05) is 13.2 Å². The third-order valence-corrected chi connectivity index (χ3v) is 10.1. The monoisotopic (exact) mass is 814 g/mol. The second-order valence-corrected chi connectivity index (χ2v) is 14.4. The van der Waals surface area contributed by atoms with Gasteiger partial charge in [-0.15, -0.1) is 0 Å². The molecule has 0 amide bonds. The van der Waals surface area contributed by atoms with Gasteiger partial charge in [-0.25, -0.2) is 19.2 Å². The number of unbranched alkanes of at least 4 members (excludes halogenated alkanes) is 4. The van der Waals surface area contributed by atoms with Gasteiger partial charge < -0.3 is 18.9 Å². The fraction of sp³-hybridized carbons (Fsp3) is 0.556. The van der Waals surface area contributed by atoms with Crippen molar-refractivity contribution in [2.45, 2.75) is 105 Å². The van der Waals surface area contributed by atoms with Crippen LogP contribution in [0.1, 0.15) is 125 Å². The van der Waals surface area contributed by atoms with Crippen LogP contribution in [0.25, 0.3) is 0 Å². The number of hydrogen-bond acceptors (Lipinski definition) is 8. The lowest BCUT2D eigenvalue weighted by Crippen LogP contribution is -2.27. The quantitative estimate of drug-likeness (QED) is 0.0428. The zero-order chi connectivity index (χ0) is 37.4. The summed E-state index contributed by atoms with van der Waals surface area (Å²) in [6, 6.07) is 2.28. The molecule has 0 heterocycles. The first kappa shape index (κ1) is 44.2. The average Bonchev–Trinajstić information content (AvgIpc) is 3.07. The smallest absolute Gasteiger partial charge is 0.423 e. The van der Waals surface area contributed by atoms with Crippen LogP contribution >= 0.6 is 69.6 Å². The van der Waals surface area contributed by atoms with Crippen LogP contribution in [-0.4, -0.2) is 37.1 Å². The summed E-state index contributed by atoms with van der Waals surface area (Å²) in [5.41, 5.74) is -0.905. The number of hydrogen-bond donors (Lipinski definition) is 0. The van der Waals surface area contributed by atoms with Crippen LogP contribution < -0.4 is 9.47 Å². The molecule has 0 saturated carbocycles. The van der Waals surface area contributed by atoms with Gasteiger partial charge in [-0.05, 0) is 49.7 Å². The molecule has 0 bridgehead atoms. The van der Waals surface area contributed by atoms with Gasteiger partial charge in [0, 0.05) is 0 Å². The van der Waals surface area contributed by atoms with Crippen molar-refractivity contribution in [1.82, 2.24) is 0 Å². The molecule has 2 aromatic rings. The van der Waals surface area contributed by atoms with Crippen LogP contribution in [-0.2, 0) is 19.1 Å². The van der Waals surface area contributed by atoms with E-state index in [-0.39, 0.29) is 55.2 Å². The van der Waals surface area contributed by atoms with Crippen molar-refractivity contribution in [3.63, 3.8) is 0 Å². The van der Waals surface area contributed by atoms with E-state index < -0.39 is 46.5 Å². The zero-order valence-electron chi connectivity index (χ0n) is 28.7. The molecule has 0 aliphatic heterocycles. The summed E-state index contributed by atoms with van der Waals surface area (Å²) in [6.07, 6.45) is 11.3. The first-order valence-electron chi connectivity index (χ1n) is 16.9. The highest BCUT2D eigenvalue weighted by Gasteiger charge is 2.32. The Labute approximate surface area is 324 Å².